The van der Waals surface area contributed by atoms with Gasteiger partial charge in [-0.25, -0.2) is 4.98 Å². The molecular formula is C23H21N5O3S. The van der Waals surface area contributed by atoms with Gasteiger partial charge in [-0.3, -0.25) is 14.6 Å². The van der Waals surface area contributed by atoms with Crippen molar-refractivity contribution in [1.29, 1.82) is 0 Å². The standard InChI is InChI=1S/C23H21N5O3S/c29-21(14-31-15-7-2-1-3-8-15)25-20-13-18(19-11-6-12-32-19)27-28(20)23-24-17-10-5-4-9-16(17)22(30)26-23/h1-3,6-8,11-13H,4-5,9-10,14H2,(H,25,29)(H,24,26,30). The molecule has 8 nitrogen and oxygen atoms in total. The number of carbonyl (C=O) groups excluding carboxylic acids is 1. The second-order valence-electron chi connectivity index (χ2n) is 7.48. The Bertz CT molecular complexity index is 1300. The molecule has 0 spiro atoms. The molecule has 1 aliphatic carbocycles. The van der Waals surface area contributed by atoms with Gasteiger partial charge in [0.15, 0.2) is 6.61 Å². The summed E-state index contributed by atoms with van der Waals surface area (Å²) in [7, 11) is 0. The first-order chi connectivity index (χ1) is 15.7. The lowest BCUT2D eigenvalue weighted by Crippen LogP contribution is -2.26. The third-order valence-electron chi connectivity index (χ3n) is 5.24. The van der Waals surface area contributed by atoms with Crippen LogP contribution >= 0.6 is 11.3 Å². The molecule has 0 aliphatic heterocycles. The van der Waals surface area contributed by atoms with Gasteiger partial charge in [0.2, 0.25) is 5.95 Å². The molecule has 162 valence electrons. The van der Waals surface area contributed by atoms with Crippen LogP contribution in [0.4, 0.5) is 5.82 Å². The third kappa shape index (κ3) is 4.19. The number of aryl methyl sites for hydroxylation is 1. The Kier molecular flexibility index (Phi) is 5.55. The van der Waals surface area contributed by atoms with Gasteiger partial charge in [-0.2, -0.15) is 9.78 Å². The molecule has 5 rings (SSSR count). The molecule has 32 heavy (non-hydrogen) atoms. The highest BCUT2D eigenvalue weighted by molar-refractivity contribution is 7.13. The molecule has 1 aromatic carbocycles. The van der Waals surface area contributed by atoms with Crippen LogP contribution in [0.5, 0.6) is 5.75 Å². The van der Waals surface area contributed by atoms with Crippen molar-refractivity contribution in [3.63, 3.8) is 0 Å². The van der Waals surface area contributed by atoms with Crippen molar-refractivity contribution in [3.8, 4) is 22.3 Å². The number of hydrogen-bond acceptors (Lipinski definition) is 6. The number of benzene rings is 1. The lowest BCUT2D eigenvalue weighted by molar-refractivity contribution is -0.118. The molecule has 0 unspecified atom stereocenters. The van der Waals surface area contributed by atoms with Gasteiger partial charge in [0, 0.05) is 11.6 Å². The zero-order valence-electron chi connectivity index (χ0n) is 17.2. The number of fused-ring (bicyclic) bond motifs is 1. The fourth-order valence-corrected chi connectivity index (χ4v) is 4.39. The summed E-state index contributed by atoms with van der Waals surface area (Å²) in [4.78, 5) is 33.7. The van der Waals surface area contributed by atoms with Crippen LogP contribution < -0.4 is 15.6 Å². The van der Waals surface area contributed by atoms with E-state index < -0.39 is 0 Å². The maximum atomic E-state index is 12.6. The minimum atomic E-state index is -0.340. The minimum Gasteiger partial charge on any atom is -0.484 e. The van der Waals surface area contributed by atoms with E-state index in [1.807, 2.05) is 35.7 Å². The number of anilines is 1. The quantitative estimate of drug-likeness (QED) is 0.470. The molecule has 9 heteroatoms. The van der Waals surface area contributed by atoms with E-state index in [9.17, 15) is 9.59 Å². The van der Waals surface area contributed by atoms with Crippen molar-refractivity contribution in [1.82, 2.24) is 19.7 Å². The molecule has 0 saturated heterocycles. The summed E-state index contributed by atoms with van der Waals surface area (Å²) in [5.41, 5.74) is 2.07. The SMILES string of the molecule is O=C(COc1ccccc1)Nc1cc(-c2cccs2)nn1-c1nc2c(c(=O)[nH]1)CCCC2. The molecule has 1 amide bonds. The molecule has 2 N–H and O–H groups in total. The number of para-hydroxylation sites is 1. The second kappa shape index (κ2) is 8.80. The number of hydrogen-bond donors (Lipinski definition) is 2. The summed E-state index contributed by atoms with van der Waals surface area (Å²) >= 11 is 1.54. The normalized spacial score (nSPS) is 12.9. The lowest BCUT2D eigenvalue weighted by Gasteiger charge is -2.15. The smallest absolute Gasteiger partial charge is 0.263 e. The van der Waals surface area contributed by atoms with Crippen molar-refractivity contribution >= 4 is 23.1 Å². The van der Waals surface area contributed by atoms with Gasteiger partial charge in [0.1, 0.15) is 17.3 Å². The van der Waals surface area contributed by atoms with Crippen molar-refractivity contribution in [2.24, 2.45) is 0 Å². The van der Waals surface area contributed by atoms with Crippen molar-refractivity contribution in [2.45, 2.75) is 25.7 Å². The van der Waals surface area contributed by atoms with Gasteiger partial charge >= 0.3 is 0 Å². The first kappa shape index (κ1) is 20.2. The maximum Gasteiger partial charge on any atom is 0.263 e. The number of aromatic amines is 1. The van der Waals surface area contributed by atoms with Gasteiger partial charge in [-0.1, -0.05) is 24.3 Å². The van der Waals surface area contributed by atoms with Crippen LogP contribution in [-0.2, 0) is 17.6 Å². The van der Waals surface area contributed by atoms with E-state index in [1.54, 1.807) is 29.5 Å². The summed E-state index contributed by atoms with van der Waals surface area (Å²) < 4.78 is 7.02. The van der Waals surface area contributed by atoms with Crippen molar-refractivity contribution in [3.05, 3.63) is 75.5 Å². The number of ether oxygens (including phenoxy) is 1. The van der Waals surface area contributed by atoms with E-state index >= 15 is 0 Å². The van der Waals surface area contributed by atoms with Gasteiger partial charge in [-0.15, -0.1) is 11.3 Å². The Morgan fingerprint density at radius 3 is 2.81 bits per heavy atom. The average Bonchev–Trinajstić information content (AvgIpc) is 3.49. The molecule has 3 heterocycles. The maximum absolute atomic E-state index is 12.6. The number of thiophene rings is 1. The average molecular weight is 448 g/mol. The topological polar surface area (TPSA) is 102 Å². The Hall–Kier alpha value is -3.72. The zero-order valence-corrected chi connectivity index (χ0v) is 18.0. The summed E-state index contributed by atoms with van der Waals surface area (Å²) in [5.74, 6) is 0.968. The monoisotopic (exact) mass is 447 g/mol. The van der Waals surface area contributed by atoms with E-state index in [0.29, 0.717) is 17.3 Å². The molecule has 1 aliphatic rings. The van der Waals surface area contributed by atoms with E-state index in [2.05, 4.69) is 20.4 Å². The first-order valence-electron chi connectivity index (χ1n) is 10.4. The number of aromatic nitrogens is 4. The largest absolute Gasteiger partial charge is 0.484 e. The number of rotatable bonds is 6. The van der Waals surface area contributed by atoms with E-state index in [-0.39, 0.29) is 24.0 Å². The van der Waals surface area contributed by atoms with E-state index in [0.717, 1.165) is 41.8 Å². The predicted octanol–water partition coefficient (Wildman–Crippen LogP) is 3.58. The molecule has 3 aromatic heterocycles. The number of H-pyrrole nitrogens is 1. The molecule has 0 bridgehead atoms. The fraction of sp³-hybridized carbons (Fsp3) is 0.217. The summed E-state index contributed by atoms with van der Waals surface area (Å²) in [5, 5.41) is 9.42. The molecular weight excluding hydrogens is 426 g/mol. The van der Waals surface area contributed by atoms with Crippen LogP contribution in [0.3, 0.4) is 0 Å². The molecule has 0 atom stereocenters. The Morgan fingerprint density at radius 1 is 1.16 bits per heavy atom. The molecule has 0 saturated carbocycles. The molecule has 0 radical (unpaired) electrons. The van der Waals surface area contributed by atoms with Crippen LogP contribution in [0, 0.1) is 0 Å². The summed E-state index contributed by atoms with van der Waals surface area (Å²) in [6, 6.07) is 14.8. The van der Waals surface area contributed by atoms with Gasteiger partial charge in [-0.05, 0) is 49.3 Å². The minimum absolute atomic E-state index is 0.150. The van der Waals surface area contributed by atoms with Gasteiger partial charge in [0.05, 0.1) is 10.6 Å². The predicted molar refractivity (Wildman–Crippen MR) is 123 cm³/mol. The molecule has 4 aromatic rings. The van der Waals surface area contributed by atoms with Crippen LogP contribution in [0.1, 0.15) is 24.1 Å². The van der Waals surface area contributed by atoms with Crippen molar-refractivity contribution in [2.75, 3.05) is 11.9 Å². The van der Waals surface area contributed by atoms with Crippen LogP contribution in [0.2, 0.25) is 0 Å². The first-order valence-corrected chi connectivity index (χ1v) is 11.3. The molecule has 0 fully saturated rings. The number of amides is 1. The Balaban J connectivity index is 1.46. The Morgan fingerprint density at radius 2 is 2.00 bits per heavy atom. The summed E-state index contributed by atoms with van der Waals surface area (Å²) in [6.45, 7) is -0.155. The highest BCUT2D eigenvalue weighted by Crippen LogP contribution is 2.27. The lowest BCUT2D eigenvalue weighted by atomic mass is 9.97. The van der Waals surface area contributed by atoms with Crippen LogP contribution in [0.25, 0.3) is 16.5 Å². The number of nitrogens with zero attached hydrogens (tertiary/aromatic N) is 3. The fourth-order valence-electron chi connectivity index (χ4n) is 3.71. The highest BCUT2D eigenvalue weighted by atomic mass is 32.1. The zero-order chi connectivity index (χ0) is 21.9. The number of carbonyl (C=O) groups is 1. The highest BCUT2D eigenvalue weighted by Gasteiger charge is 2.20. The Labute approximate surface area is 187 Å². The van der Waals surface area contributed by atoms with E-state index in [1.165, 1.54) is 4.68 Å². The van der Waals surface area contributed by atoms with E-state index in [4.69, 9.17) is 4.74 Å². The third-order valence-corrected chi connectivity index (χ3v) is 6.14. The van der Waals surface area contributed by atoms with Gasteiger partial charge in [0.25, 0.3) is 11.5 Å². The number of nitrogens with one attached hydrogen (secondary N) is 2. The second-order valence-corrected chi connectivity index (χ2v) is 8.42. The van der Waals surface area contributed by atoms with Crippen LogP contribution in [-0.4, -0.2) is 32.3 Å². The summed E-state index contributed by atoms with van der Waals surface area (Å²) in [6.07, 6.45) is 3.49. The van der Waals surface area contributed by atoms with Crippen molar-refractivity contribution < 1.29 is 9.53 Å². The van der Waals surface area contributed by atoms with Gasteiger partial charge < -0.3 is 10.1 Å². The van der Waals surface area contributed by atoms with Crippen LogP contribution in [0.15, 0.2) is 58.7 Å².